The van der Waals surface area contributed by atoms with Gasteiger partial charge in [-0.2, -0.15) is 10.5 Å². The van der Waals surface area contributed by atoms with E-state index in [0.29, 0.717) is 5.56 Å². The van der Waals surface area contributed by atoms with Gasteiger partial charge in [0.25, 0.3) is 0 Å². The maximum atomic E-state index is 14.2. The molecule has 1 atom stereocenters. The van der Waals surface area contributed by atoms with Crippen LogP contribution in [-0.2, 0) is 15.2 Å². The molecular weight excluding hydrogens is 223 g/mol. The van der Waals surface area contributed by atoms with E-state index < -0.39 is 11.6 Å². The number of carbonyl (C=O) groups excluding carboxylic acids is 1. The second kappa shape index (κ2) is 5.09. The van der Waals surface area contributed by atoms with E-state index in [0.717, 1.165) is 0 Å². The van der Waals surface area contributed by atoms with Crippen molar-refractivity contribution >= 4 is 5.97 Å². The summed E-state index contributed by atoms with van der Waals surface area (Å²) in [7, 11) is 0. The van der Waals surface area contributed by atoms with Crippen molar-refractivity contribution in [3.8, 4) is 12.1 Å². The summed E-state index contributed by atoms with van der Waals surface area (Å²) in [5, 5.41) is 17.4. The minimum Gasteiger partial charge on any atom is -0.463 e. The molecule has 1 aromatic rings. The van der Waals surface area contributed by atoms with Crippen LogP contribution >= 0.6 is 0 Å². The molecule has 0 saturated carbocycles. The van der Waals surface area contributed by atoms with Gasteiger partial charge in [-0.05, 0) is 19.1 Å². The van der Waals surface area contributed by atoms with Crippen molar-refractivity contribution in [1.82, 2.24) is 0 Å². The lowest BCUT2D eigenvalue weighted by atomic mass is 9.96. The van der Waals surface area contributed by atoms with Gasteiger partial charge in [-0.1, -0.05) is 12.1 Å². The highest BCUT2D eigenvalue weighted by Gasteiger charge is 2.42. The molecule has 0 aromatic heterocycles. The maximum Gasteiger partial charge on any atom is 0.363 e. The molecule has 0 N–H and O–H groups in total. The fourth-order valence-corrected chi connectivity index (χ4v) is 1.23. The molecule has 0 saturated heterocycles. The zero-order valence-electron chi connectivity index (χ0n) is 9.11. The van der Waals surface area contributed by atoms with Crippen LogP contribution in [0.1, 0.15) is 18.1 Å². The topological polar surface area (TPSA) is 73.9 Å². The zero-order valence-corrected chi connectivity index (χ0v) is 9.11. The molecule has 17 heavy (non-hydrogen) atoms. The van der Waals surface area contributed by atoms with Crippen molar-refractivity contribution in [1.29, 1.82) is 10.5 Å². The summed E-state index contributed by atoms with van der Waals surface area (Å²) in [5.74, 6) is -1.24. The predicted octanol–water partition coefficient (Wildman–Crippen LogP) is 1.81. The SMILES string of the molecule is CCOC(=O)C(F)(C#N)c1ccc(C#N)cc1. The van der Waals surface area contributed by atoms with Crippen molar-refractivity contribution in [3.05, 3.63) is 35.4 Å². The monoisotopic (exact) mass is 232 g/mol. The largest absolute Gasteiger partial charge is 0.463 e. The molecule has 1 unspecified atom stereocenters. The molecule has 0 fully saturated rings. The lowest BCUT2D eigenvalue weighted by Crippen LogP contribution is -2.31. The van der Waals surface area contributed by atoms with Gasteiger partial charge in [-0.3, -0.25) is 0 Å². The fourth-order valence-electron chi connectivity index (χ4n) is 1.23. The molecule has 0 radical (unpaired) electrons. The smallest absolute Gasteiger partial charge is 0.363 e. The normalized spacial score (nSPS) is 12.9. The number of carbonyl (C=O) groups is 1. The fraction of sp³-hybridized carbons (Fsp3) is 0.250. The molecule has 0 heterocycles. The third kappa shape index (κ3) is 2.40. The Kier molecular flexibility index (Phi) is 3.79. The average Bonchev–Trinajstić information content (AvgIpc) is 2.38. The van der Waals surface area contributed by atoms with E-state index in [4.69, 9.17) is 10.5 Å². The highest BCUT2D eigenvalue weighted by molar-refractivity contribution is 5.84. The van der Waals surface area contributed by atoms with Crippen LogP contribution < -0.4 is 0 Å². The Bertz CT molecular complexity index is 499. The standard InChI is InChI=1S/C12H9FN2O2/c1-2-17-11(16)12(13,8-15)10-5-3-9(7-14)4-6-10/h3-6H,2H2,1H3. The Morgan fingerprint density at radius 1 is 1.41 bits per heavy atom. The Morgan fingerprint density at radius 3 is 2.41 bits per heavy atom. The summed E-state index contributed by atoms with van der Waals surface area (Å²) in [6, 6.07) is 8.26. The number of benzene rings is 1. The Labute approximate surface area is 97.8 Å². The summed E-state index contributed by atoms with van der Waals surface area (Å²) in [6.45, 7) is 1.51. The van der Waals surface area contributed by atoms with Crippen LogP contribution in [0.25, 0.3) is 0 Å². The van der Waals surface area contributed by atoms with Crippen LogP contribution in [0.5, 0.6) is 0 Å². The van der Waals surface area contributed by atoms with Crippen LogP contribution in [0.3, 0.4) is 0 Å². The molecule has 0 aliphatic carbocycles. The van der Waals surface area contributed by atoms with E-state index in [1.807, 2.05) is 6.07 Å². The average molecular weight is 232 g/mol. The molecule has 0 amide bonds. The number of ether oxygens (including phenoxy) is 1. The van der Waals surface area contributed by atoms with Crippen LogP contribution in [0.15, 0.2) is 24.3 Å². The highest BCUT2D eigenvalue weighted by Crippen LogP contribution is 2.27. The molecule has 5 heteroatoms. The van der Waals surface area contributed by atoms with Crippen molar-refractivity contribution in [2.24, 2.45) is 0 Å². The second-order valence-electron chi connectivity index (χ2n) is 3.18. The van der Waals surface area contributed by atoms with Gasteiger partial charge < -0.3 is 4.74 Å². The number of esters is 1. The Morgan fingerprint density at radius 2 is 2.00 bits per heavy atom. The summed E-state index contributed by atoms with van der Waals surface area (Å²) >= 11 is 0. The molecule has 0 bridgehead atoms. The number of alkyl halides is 1. The minimum absolute atomic E-state index is 0.0114. The molecule has 86 valence electrons. The molecule has 0 aliphatic rings. The van der Waals surface area contributed by atoms with Crippen molar-refractivity contribution < 1.29 is 13.9 Å². The van der Waals surface area contributed by atoms with Crippen LogP contribution in [-0.4, -0.2) is 12.6 Å². The van der Waals surface area contributed by atoms with Crippen molar-refractivity contribution in [2.45, 2.75) is 12.6 Å². The van der Waals surface area contributed by atoms with Crippen LogP contribution in [0.2, 0.25) is 0 Å². The number of nitriles is 2. The van der Waals surface area contributed by atoms with Crippen molar-refractivity contribution in [3.63, 3.8) is 0 Å². The van der Waals surface area contributed by atoms with E-state index in [-0.39, 0.29) is 12.2 Å². The molecule has 0 spiro atoms. The van der Waals surface area contributed by atoms with Gasteiger partial charge in [-0.25, -0.2) is 9.18 Å². The first-order valence-corrected chi connectivity index (χ1v) is 4.86. The van der Waals surface area contributed by atoms with Gasteiger partial charge in [0.1, 0.15) is 6.07 Å². The van der Waals surface area contributed by atoms with Gasteiger partial charge in [-0.15, -0.1) is 0 Å². The number of hydrogen-bond donors (Lipinski definition) is 0. The van der Waals surface area contributed by atoms with Crippen LogP contribution in [0.4, 0.5) is 4.39 Å². The van der Waals surface area contributed by atoms with Gasteiger partial charge in [0.2, 0.25) is 0 Å². The lowest BCUT2D eigenvalue weighted by Gasteiger charge is -2.15. The molecule has 0 aliphatic heterocycles. The van der Waals surface area contributed by atoms with Gasteiger partial charge >= 0.3 is 11.6 Å². The van der Waals surface area contributed by atoms with E-state index in [1.165, 1.54) is 37.3 Å². The third-order valence-corrected chi connectivity index (χ3v) is 2.12. The second-order valence-corrected chi connectivity index (χ2v) is 3.18. The maximum absolute atomic E-state index is 14.2. The third-order valence-electron chi connectivity index (χ3n) is 2.12. The summed E-state index contributed by atoms with van der Waals surface area (Å²) in [5.41, 5.74) is -2.65. The summed E-state index contributed by atoms with van der Waals surface area (Å²) < 4.78 is 18.7. The number of nitrogens with zero attached hydrogens (tertiary/aromatic N) is 2. The van der Waals surface area contributed by atoms with Gasteiger partial charge in [0.05, 0.1) is 18.2 Å². The first-order chi connectivity index (χ1) is 8.08. The molecule has 1 aromatic carbocycles. The number of halogens is 1. The first-order valence-electron chi connectivity index (χ1n) is 4.86. The van der Waals surface area contributed by atoms with Gasteiger partial charge in [0.15, 0.2) is 0 Å². The number of rotatable bonds is 3. The summed E-state index contributed by atoms with van der Waals surface area (Å²) in [4.78, 5) is 11.4. The highest BCUT2D eigenvalue weighted by atomic mass is 19.1. The number of hydrogen-bond acceptors (Lipinski definition) is 4. The zero-order chi connectivity index (χ0) is 12.9. The Balaban J connectivity index is 3.13. The van der Waals surface area contributed by atoms with Crippen molar-refractivity contribution in [2.75, 3.05) is 6.61 Å². The lowest BCUT2D eigenvalue weighted by molar-refractivity contribution is -0.154. The summed E-state index contributed by atoms with van der Waals surface area (Å²) in [6.07, 6.45) is 0. The first kappa shape index (κ1) is 12.7. The van der Waals surface area contributed by atoms with E-state index >= 15 is 0 Å². The van der Waals surface area contributed by atoms with E-state index in [2.05, 4.69) is 4.74 Å². The van der Waals surface area contributed by atoms with Crippen LogP contribution in [0, 0.1) is 22.7 Å². The van der Waals surface area contributed by atoms with E-state index in [9.17, 15) is 9.18 Å². The molecular formula is C12H9FN2O2. The minimum atomic E-state index is -2.83. The Hall–Kier alpha value is -2.40. The molecule has 4 nitrogen and oxygen atoms in total. The molecule has 1 rings (SSSR count). The predicted molar refractivity (Wildman–Crippen MR) is 56.2 cm³/mol. The van der Waals surface area contributed by atoms with E-state index in [1.54, 1.807) is 0 Å². The van der Waals surface area contributed by atoms with Gasteiger partial charge in [0, 0.05) is 5.56 Å². The quantitative estimate of drug-likeness (QED) is 0.745.